The Hall–Kier alpha value is -2.21. The van der Waals surface area contributed by atoms with E-state index in [2.05, 4.69) is 10.3 Å². The second kappa shape index (κ2) is 7.54. The van der Waals surface area contributed by atoms with Crippen molar-refractivity contribution in [3.8, 4) is 5.75 Å². The summed E-state index contributed by atoms with van der Waals surface area (Å²) < 4.78 is 16.7. The average Bonchev–Trinajstić information content (AvgIpc) is 2.53. The van der Waals surface area contributed by atoms with Crippen molar-refractivity contribution >= 4 is 16.9 Å². The van der Waals surface area contributed by atoms with E-state index in [9.17, 15) is 9.00 Å². The second-order valence-electron chi connectivity index (χ2n) is 4.18. The number of rotatable bonds is 5. The van der Waals surface area contributed by atoms with Gasteiger partial charge in [0.05, 0.1) is 27.9 Å². The van der Waals surface area contributed by atoms with E-state index in [0.29, 0.717) is 22.1 Å². The zero-order valence-corrected chi connectivity index (χ0v) is 12.4. The number of aromatic nitrogens is 1. The first-order valence-electron chi connectivity index (χ1n) is 6.53. The third kappa shape index (κ3) is 4.68. The topological polar surface area (TPSA) is 68.3 Å². The maximum atomic E-state index is 11.6. The number of pyridine rings is 1. The molecule has 1 aromatic heterocycles. The lowest BCUT2D eigenvalue weighted by atomic mass is 10.3. The highest BCUT2D eigenvalue weighted by Gasteiger charge is 2.05. The molecule has 1 unspecified atom stereocenters. The molecule has 110 valence electrons. The van der Waals surface area contributed by atoms with Gasteiger partial charge in [0, 0.05) is 11.9 Å². The van der Waals surface area contributed by atoms with Crippen molar-refractivity contribution in [3.63, 3.8) is 0 Å². The third-order valence-electron chi connectivity index (χ3n) is 2.69. The van der Waals surface area contributed by atoms with Gasteiger partial charge in [-0.15, -0.1) is 0 Å². The van der Waals surface area contributed by atoms with Gasteiger partial charge in [-0.1, -0.05) is 25.1 Å². The van der Waals surface area contributed by atoms with E-state index in [1.54, 1.807) is 42.6 Å². The summed E-state index contributed by atoms with van der Waals surface area (Å²) in [6.45, 7) is 2.11. The van der Waals surface area contributed by atoms with Gasteiger partial charge in [-0.2, -0.15) is 0 Å². The van der Waals surface area contributed by atoms with E-state index in [0.717, 1.165) is 0 Å². The molecule has 1 atom stereocenters. The van der Waals surface area contributed by atoms with Crippen LogP contribution in [-0.2, 0) is 17.3 Å². The summed E-state index contributed by atoms with van der Waals surface area (Å²) in [7, 11) is -1.01. The van der Waals surface area contributed by atoms with Crippen molar-refractivity contribution in [1.82, 2.24) is 10.3 Å². The molecule has 1 heterocycles. The molecule has 0 saturated heterocycles. The smallest absolute Gasteiger partial charge is 0.410 e. The van der Waals surface area contributed by atoms with E-state index in [4.69, 9.17) is 4.74 Å². The van der Waals surface area contributed by atoms with Crippen LogP contribution in [-0.4, -0.2) is 21.0 Å². The van der Waals surface area contributed by atoms with Gasteiger partial charge >= 0.3 is 6.09 Å². The fourth-order valence-corrected chi connectivity index (χ4v) is 2.33. The first kappa shape index (κ1) is 15.2. The number of carbonyl (C=O) groups is 1. The number of carbonyl (C=O) groups excluding carboxylic acids is 1. The predicted molar refractivity (Wildman–Crippen MR) is 80.5 cm³/mol. The molecule has 1 aromatic carbocycles. The number of hydrogen-bond acceptors (Lipinski definition) is 4. The van der Waals surface area contributed by atoms with Gasteiger partial charge in [0.1, 0.15) is 5.75 Å². The summed E-state index contributed by atoms with van der Waals surface area (Å²) >= 11 is 0. The maximum absolute atomic E-state index is 11.6. The Morgan fingerprint density at radius 1 is 1.24 bits per heavy atom. The first-order valence-corrected chi connectivity index (χ1v) is 7.85. The van der Waals surface area contributed by atoms with E-state index in [-0.39, 0.29) is 6.54 Å². The van der Waals surface area contributed by atoms with Crippen LogP contribution < -0.4 is 10.1 Å². The molecular formula is C15H16N2O3S. The molecule has 0 bridgehead atoms. The summed E-state index contributed by atoms with van der Waals surface area (Å²) in [6.07, 6.45) is 1.03. The molecule has 2 aromatic rings. The zero-order chi connectivity index (χ0) is 15.1. The van der Waals surface area contributed by atoms with Crippen LogP contribution in [0.4, 0.5) is 4.79 Å². The van der Waals surface area contributed by atoms with Crippen molar-refractivity contribution < 1.29 is 13.7 Å². The van der Waals surface area contributed by atoms with Crippen molar-refractivity contribution in [3.05, 3.63) is 54.4 Å². The standard InChI is InChI=1S/C15H16N2O3S/c1-2-21(19)14-9-8-12(16-11-14)10-17-15(18)20-13-6-4-3-5-7-13/h3-9,11H,2,10H2,1H3,(H,17,18). The van der Waals surface area contributed by atoms with Crippen LogP contribution in [0.25, 0.3) is 0 Å². The fourth-order valence-electron chi connectivity index (χ4n) is 1.61. The Bertz CT molecular complexity index is 615. The SMILES string of the molecule is CCS(=O)c1ccc(CNC(=O)Oc2ccccc2)nc1. The molecule has 2 rings (SSSR count). The monoisotopic (exact) mass is 304 g/mol. The van der Waals surface area contributed by atoms with Crippen LogP contribution in [0.5, 0.6) is 5.75 Å². The molecule has 0 aliphatic rings. The van der Waals surface area contributed by atoms with Gasteiger partial charge in [-0.3, -0.25) is 9.19 Å². The van der Waals surface area contributed by atoms with Gasteiger partial charge < -0.3 is 10.1 Å². The van der Waals surface area contributed by atoms with E-state index in [1.165, 1.54) is 0 Å². The summed E-state index contributed by atoms with van der Waals surface area (Å²) in [6, 6.07) is 12.3. The zero-order valence-electron chi connectivity index (χ0n) is 11.6. The second-order valence-corrected chi connectivity index (χ2v) is 5.92. The normalized spacial score (nSPS) is 11.7. The summed E-state index contributed by atoms with van der Waals surface area (Å²) in [5, 5.41) is 2.61. The maximum Gasteiger partial charge on any atom is 0.412 e. The molecule has 0 radical (unpaired) electrons. The number of nitrogens with zero attached hydrogens (tertiary/aromatic N) is 1. The van der Waals surface area contributed by atoms with Gasteiger partial charge in [-0.25, -0.2) is 4.79 Å². The Morgan fingerprint density at radius 2 is 2.00 bits per heavy atom. The molecule has 21 heavy (non-hydrogen) atoms. The Labute approximate surface area is 125 Å². The number of ether oxygens (including phenoxy) is 1. The van der Waals surface area contributed by atoms with Crippen molar-refractivity contribution in [2.75, 3.05) is 5.75 Å². The van der Waals surface area contributed by atoms with Gasteiger partial charge in [0.25, 0.3) is 0 Å². The number of amides is 1. The van der Waals surface area contributed by atoms with Crippen molar-refractivity contribution in [2.45, 2.75) is 18.4 Å². The first-order chi connectivity index (χ1) is 10.2. The quantitative estimate of drug-likeness (QED) is 0.921. The molecule has 0 aliphatic carbocycles. The molecule has 1 N–H and O–H groups in total. The molecular weight excluding hydrogens is 288 g/mol. The largest absolute Gasteiger partial charge is 0.412 e. The molecule has 0 aliphatic heterocycles. The van der Waals surface area contributed by atoms with Crippen LogP contribution in [0, 0.1) is 0 Å². The van der Waals surface area contributed by atoms with Crippen molar-refractivity contribution in [1.29, 1.82) is 0 Å². The van der Waals surface area contributed by atoms with E-state index >= 15 is 0 Å². The Morgan fingerprint density at radius 3 is 2.62 bits per heavy atom. The van der Waals surface area contributed by atoms with Gasteiger partial charge in [0.15, 0.2) is 0 Å². The predicted octanol–water partition coefficient (Wildman–Crippen LogP) is 2.50. The third-order valence-corrected chi connectivity index (χ3v) is 3.98. The lowest BCUT2D eigenvalue weighted by molar-refractivity contribution is 0.200. The minimum absolute atomic E-state index is 0.255. The summed E-state index contributed by atoms with van der Waals surface area (Å²) in [4.78, 5) is 16.4. The highest BCUT2D eigenvalue weighted by Crippen LogP contribution is 2.09. The van der Waals surface area contributed by atoms with Gasteiger partial charge in [0.2, 0.25) is 0 Å². The Kier molecular flexibility index (Phi) is 5.45. The molecule has 5 nitrogen and oxygen atoms in total. The Balaban J connectivity index is 1.85. The van der Waals surface area contributed by atoms with Gasteiger partial charge in [-0.05, 0) is 24.3 Å². The summed E-state index contributed by atoms with van der Waals surface area (Å²) in [5.74, 6) is 1.04. The lowest BCUT2D eigenvalue weighted by Crippen LogP contribution is -2.26. The molecule has 0 fully saturated rings. The van der Waals surface area contributed by atoms with Crippen LogP contribution in [0.2, 0.25) is 0 Å². The molecule has 0 spiro atoms. The minimum atomic E-state index is -1.01. The molecule has 0 saturated carbocycles. The highest BCUT2D eigenvalue weighted by molar-refractivity contribution is 7.85. The summed E-state index contributed by atoms with van der Waals surface area (Å²) in [5.41, 5.74) is 0.678. The van der Waals surface area contributed by atoms with Crippen LogP contribution in [0.15, 0.2) is 53.6 Å². The molecule has 1 amide bonds. The highest BCUT2D eigenvalue weighted by atomic mass is 32.2. The van der Waals surface area contributed by atoms with Crippen LogP contribution >= 0.6 is 0 Å². The average molecular weight is 304 g/mol. The van der Waals surface area contributed by atoms with Crippen LogP contribution in [0.1, 0.15) is 12.6 Å². The van der Waals surface area contributed by atoms with Crippen LogP contribution in [0.3, 0.4) is 0 Å². The lowest BCUT2D eigenvalue weighted by Gasteiger charge is -2.06. The fraction of sp³-hybridized carbons (Fsp3) is 0.200. The van der Waals surface area contributed by atoms with E-state index < -0.39 is 16.9 Å². The van der Waals surface area contributed by atoms with Crippen molar-refractivity contribution in [2.24, 2.45) is 0 Å². The van der Waals surface area contributed by atoms with E-state index in [1.807, 2.05) is 13.0 Å². The number of nitrogens with one attached hydrogen (secondary N) is 1. The molecule has 6 heteroatoms. The number of para-hydroxylation sites is 1. The minimum Gasteiger partial charge on any atom is -0.410 e. The number of benzene rings is 1. The number of hydrogen-bond donors (Lipinski definition) is 1.